The monoisotopic (exact) mass is 251 g/mol. The Morgan fingerprint density at radius 3 is 2.56 bits per heavy atom. The number of benzene rings is 1. The van der Waals surface area contributed by atoms with E-state index in [1.807, 2.05) is 25.1 Å². The molecule has 1 atom stereocenters. The Kier molecular flexibility index (Phi) is 6.34. The maximum Gasteiger partial charge on any atom is 0.130 e. The van der Waals surface area contributed by atoms with Crippen LogP contribution in [-0.2, 0) is 0 Å². The van der Waals surface area contributed by atoms with E-state index in [1.54, 1.807) is 0 Å². The number of hydrogen-bond donors (Lipinski definition) is 1. The molecule has 0 spiro atoms. The molecule has 0 aliphatic rings. The van der Waals surface area contributed by atoms with Crippen LogP contribution in [-0.4, -0.2) is 6.54 Å². The van der Waals surface area contributed by atoms with Crippen molar-refractivity contribution in [3.63, 3.8) is 0 Å². The van der Waals surface area contributed by atoms with E-state index in [9.17, 15) is 4.39 Å². The summed E-state index contributed by atoms with van der Waals surface area (Å²) in [5.41, 5.74) is 1.56. The first-order chi connectivity index (χ1) is 8.56. The molecule has 1 unspecified atom stereocenters. The number of halogens is 1. The molecule has 0 radical (unpaired) electrons. The van der Waals surface area contributed by atoms with E-state index in [0.717, 1.165) is 36.4 Å². The van der Waals surface area contributed by atoms with Crippen molar-refractivity contribution >= 4 is 0 Å². The van der Waals surface area contributed by atoms with Crippen molar-refractivity contribution < 1.29 is 4.39 Å². The van der Waals surface area contributed by atoms with Crippen LogP contribution in [0.5, 0.6) is 0 Å². The van der Waals surface area contributed by atoms with Crippen LogP contribution in [0, 0.1) is 18.7 Å². The Labute approximate surface area is 111 Å². The van der Waals surface area contributed by atoms with E-state index in [0.29, 0.717) is 0 Å². The Morgan fingerprint density at radius 1 is 1.22 bits per heavy atom. The lowest BCUT2D eigenvalue weighted by Gasteiger charge is -2.20. The molecule has 0 aliphatic heterocycles. The lowest BCUT2D eigenvalue weighted by molar-refractivity contribution is 0.440. The average molecular weight is 251 g/mol. The Hall–Kier alpha value is -0.890. The van der Waals surface area contributed by atoms with Gasteiger partial charge in [0.2, 0.25) is 0 Å². The Balaban J connectivity index is 2.74. The van der Waals surface area contributed by atoms with Crippen LogP contribution in [0.1, 0.15) is 57.2 Å². The van der Waals surface area contributed by atoms with E-state index in [4.69, 9.17) is 0 Å². The molecule has 2 heteroatoms. The van der Waals surface area contributed by atoms with Gasteiger partial charge >= 0.3 is 0 Å². The highest BCUT2D eigenvalue weighted by atomic mass is 19.1. The van der Waals surface area contributed by atoms with Gasteiger partial charge in [-0.3, -0.25) is 0 Å². The molecule has 18 heavy (non-hydrogen) atoms. The van der Waals surface area contributed by atoms with Crippen molar-refractivity contribution in [1.29, 1.82) is 0 Å². The van der Waals surface area contributed by atoms with Gasteiger partial charge in [0, 0.05) is 11.6 Å². The molecule has 0 fully saturated rings. The van der Waals surface area contributed by atoms with Gasteiger partial charge < -0.3 is 5.32 Å². The summed E-state index contributed by atoms with van der Waals surface area (Å²) >= 11 is 0. The van der Waals surface area contributed by atoms with Crippen molar-refractivity contribution in [3.8, 4) is 0 Å². The molecule has 0 saturated carbocycles. The molecule has 0 aliphatic carbocycles. The van der Waals surface area contributed by atoms with Crippen LogP contribution in [0.2, 0.25) is 0 Å². The van der Waals surface area contributed by atoms with Crippen LogP contribution in [0.15, 0.2) is 18.2 Å². The van der Waals surface area contributed by atoms with Crippen LogP contribution < -0.4 is 5.32 Å². The summed E-state index contributed by atoms with van der Waals surface area (Å²) in [6.45, 7) is 9.24. The molecule has 0 heterocycles. The predicted molar refractivity (Wildman–Crippen MR) is 76.2 cm³/mol. The fourth-order valence-corrected chi connectivity index (χ4v) is 2.28. The van der Waals surface area contributed by atoms with Crippen LogP contribution in [0.3, 0.4) is 0 Å². The van der Waals surface area contributed by atoms with Gasteiger partial charge in [-0.15, -0.1) is 0 Å². The zero-order valence-electron chi connectivity index (χ0n) is 12.1. The highest BCUT2D eigenvalue weighted by molar-refractivity contribution is 5.27. The third-order valence-electron chi connectivity index (χ3n) is 3.32. The number of hydrogen-bond acceptors (Lipinski definition) is 1. The summed E-state index contributed by atoms with van der Waals surface area (Å²) in [6.07, 6.45) is 3.35. The summed E-state index contributed by atoms with van der Waals surface area (Å²) in [4.78, 5) is 0. The third kappa shape index (κ3) is 4.41. The first kappa shape index (κ1) is 15.2. The second-order valence-electron chi connectivity index (χ2n) is 5.41. The molecular weight excluding hydrogens is 225 g/mol. The molecular formula is C16H26FN. The topological polar surface area (TPSA) is 12.0 Å². The molecule has 0 aromatic heterocycles. The van der Waals surface area contributed by atoms with Gasteiger partial charge in [0.1, 0.15) is 5.82 Å². The molecule has 1 aromatic carbocycles. The SMILES string of the molecule is CCNC(CCCC(C)C)c1cccc(C)c1F. The normalized spacial score (nSPS) is 13.0. The third-order valence-corrected chi connectivity index (χ3v) is 3.32. The molecule has 0 amide bonds. The van der Waals surface area contributed by atoms with Crippen molar-refractivity contribution in [1.82, 2.24) is 5.32 Å². The van der Waals surface area contributed by atoms with Gasteiger partial charge in [0.25, 0.3) is 0 Å². The Morgan fingerprint density at radius 2 is 1.94 bits per heavy atom. The molecule has 1 aromatic rings. The summed E-state index contributed by atoms with van der Waals surface area (Å²) < 4.78 is 14.1. The van der Waals surface area contributed by atoms with Gasteiger partial charge in [0.05, 0.1) is 0 Å². The summed E-state index contributed by atoms with van der Waals surface area (Å²) in [6, 6.07) is 5.83. The van der Waals surface area contributed by atoms with Gasteiger partial charge in [-0.1, -0.05) is 51.8 Å². The highest BCUT2D eigenvalue weighted by Gasteiger charge is 2.15. The van der Waals surface area contributed by atoms with Gasteiger partial charge in [0.15, 0.2) is 0 Å². The molecule has 102 valence electrons. The second-order valence-corrected chi connectivity index (χ2v) is 5.41. The first-order valence-electron chi connectivity index (χ1n) is 7.04. The number of nitrogens with one attached hydrogen (secondary N) is 1. The largest absolute Gasteiger partial charge is 0.310 e. The van der Waals surface area contributed by atoms with Crippen molar-refractivity contribution in [2.75, 3.05) is 6.54 Å². The van der Waals surface area contributed by atoms with E-state index >= 15 is 0 Å². The summed E-state index contributed by atoms with van der Waals surface area (Å²) in [5.74, 6) is 0.669. The minimum absolute atomic E-state index is 0.0482. The van der Waals surface area contributed by atoms with Crippen LogP contribution >= 0.6 is 0 Å². The van der Waals surface area contributed by atoms with E-state index in [2.05, 4.69) is 26.1 Å². The Bertz CT molecular complexity index is 360. The predicted octanol–water partition coefficient (Wildman–Crippen LogP) is 4.61. The number of rotatable bonds is 7. The average Bonchev–Trinajstić information content (AvgIpc) is 2.31. The van der Waals surface area contributed by atoms with E-state index in [1.165, 1.54) is 6.42 Å². The van der Waals surface area contributed by atoms with E-state index in [-0.39, 0.29) is 11.9 Å². The zero-order chi connectivity index (χ0) is 13.5. The fourth-order valence-electron chi connectivity index (χ4n) is 2.28. The summed E-state index contributed by atoms with van der Waals surface area (Å²) in [5, 5.41) is 3.40. The highest BCUT2D eigenvalue weighted by Crippen LogP contribution is 2.24. The zero-order valence-corrected chi connectivity index (χ0v) is 12.1. The van der Waals surface area contributed by atoms with Crippen molar-refractivity contribution in [2.24, 2.45) is 5.92 Å². The molecule has 1 rings (SSSR count). The number of aryl methyl sites for hydroxylation is 1. The van der Waals surface area contributed by atoms with Gasteiger partial charge in [-0.25, -0.2) is 4.39 Å². The summed E-state index contributed by atoms with van der Waals surface area (Å²) in [7, 11) is 0. The minimum atomic E-state index is -0.0482. The lowest BCUT2D eigenvalue weighted by atomic mass is 9.96. The van der Waals surface area contributed by atoms with Crippen LogP contribution in [0.25, 0.3) is 0 Å². The lowest BCUT2D eigenvalue weighted by Crippen LogP contribution is -2.22. The molecule has 0 saturated heterocycles. The standard InChI is InChI=1S/C16H26FN/c1-5-18-15(11-6-8-12(2)3)14-10-7-9-13(4)16(14)17/h7,9-10,12,15,18H,5-6,8,11H2,1-4H3. The fraction of sp³-hybridized carbons (Fsp3) is 0.625. The molecule has 1 N–H and O–H groups in total. The van der Waals surface area contributed by atoms with Crippen molar-refractivity contribution in [2.45, 2.75) is 53.0 Å². The molecule has 1 nitrogen and oxygen atoms in total. The van der Waals surface area contributed by atoms with Crippen LogP contribution in [0.4, 0.5) is 4.39 Å². The van der Waals surface area contributed by atoms with E-state index < -0.39 is 0 Å². The quantitative estimate of drug-likeness (QED) is 0.746. The maximum atomic E-state index is 14.1. The first-order valence-corrected chi connectivity index (χ1v) is 7.04. The van der Waals surface area contributed by atoms with Crippen molar-refractivity contribution in [3.05, 3.63) is 35.1 Å². The second kappa shape index (κ2) is 7.52. The molecule has 0 bridgehead atoms. The van der Waals surface area contributed by atoms with Gasteiger partial charge in [-0.05, 0) is 31.4 Å². The smallest absolute Gasteiger partial charge is 0.130 e. The minimum Gasteiger partial charge on any atom is -0.310 e. The maximum absolute atomic E-state index is 14.1. The van der Waals surface area contributed by atoms with Gasteiger partial charge in [-0.2, -0.15) is 0 Å².